The summed E-state index contributed by atoms with van der Waals surface area (Å²) in [7, 11) is 0. The van der Waals surface area contributed by atoms with E-state index in [1.54, 1.807) is 0 Å². The van der Waals surface area contributed by atoms with E-state index in [1.807, 2.05) is 6.07 Å². The smallest absolute Gasteiger partial charge is 0.312 e. The Labute approximate surface area is 168 Å². The number of hydrogen-bond donors (Lipinski definition) is 1. The molecule has 1 aromatic rings. The highest BCUT2D eigenvalue weighted by atomic mass is 16.5. The average molecular weight is 383 g/mol. The molecule has 0 radical (unpaired) electrons. The topological polar surface area (TPSA) is 55.6 Å². The standard InChI is InChI=1S/C24H34N2O2/c25-12-9-23(27)28-19-8-7-18-14-22-20-6-1-2-10-24(20,21(18)15-19)11-13-26(22)16-17-4-3-5-17/h7-8,15,17,20,22H,1-6,9-14,16,25H2/t20-,22-,24-/m0/s1. The van der Waals surface area contributed by atoms with E-state index in [1.165, 1.54) is 82.0 Å². The van der Waals surface area contributed by atoms with Crippen LogP contribution in [0.25, 0.3) is 0 Å². The Kier molecular flexibility index (Phi) is 4.96. The Balaban J connectivity index is 1.45. The second-order valence-corrected chi connectivity index (χ2v) is 9.65. The molecule has 3 fully saturated rings. The summed E-state index contributed by atoms with van der Waals surface area (Å²) in [5.41, 5.74) is 8.81. The number of carbonyl (C=O) groups is 1. The molecule has 4 heteroatoms. The molecule has 0 spiro atoms. The lowest BCUT2D eigenvalue weighted by Gasteiger charge is -2.59. The molecule has 1 aliphatic heterocycles. The van der Waals surface area contributed by atoms with E-state index in [0.29, 0.717) is 23.8 Å². The van der Waals surface area contributed by atoms with Crippen LogP contribution in [0.15, 0.2) is 18.2 Å². The van der Waals surface area contributed by atoms with Crippen molar-refractivity contribution in [2.45, 2.75) is 75.7 Å². The highest BCUT2D eigenvalue weighted by molar-refractivity contribution is 5.72. The number of esters is 1. The molecule has 2 saturated carbocycles. The van der Waals surface area contributed by atoms with Crippen LogP contribution in [0.2, 0.25) is 0 Å². The number of benzene rings is 1. The molecular formula is C24H34N2O2. The quantitative estimate of drug-likeness (QED) is 0.622. The monoisotopic (exact) mass is 382 g/mol. The summed E-state index contributed by atoms with van der Waals surface area (Å²) in [5, 5.41) is 0. The van der Waals surface area contributed by atoms with Crippen molar-refractivity contribution in [2.24, 2.45) is 17.6 Å². The summed E-state index contributed by atoms with van der Waals surface area (Å²) in [6.07, 6.45) is 12.4. The highest BCUT2D eigenvalue weighted by Crippen LogP contribution is 2.56. The first-order chi connectivity index (χ1) is 13.7. The summed E-state index contributed by atoms with van der Waals surface area (Å²) >= 11 is 0. The molecule has 1 heterocycles. The van der Waals surface area contributed by atoms with Crippen LogP contribution in [0.4, 0.5) is 0 Å². The van der Waals surface area contributed by atoms with Gasteiger partial charge in [0, 0.05) is 24.5 Å². The molecule has 0 unspecified atom stereocenters. The van der Waals surface area contributed by atoms with E-state index >= 15 is 0 Å². The molecule has 3 atom stereocenters. The number of carbonyl (C=O) groups excluding carboxylic acids is 1. The fourth-order valence-electron chi connectivity index (χ4n) is 6.66. The lowest BCUT2D eigenvalue weighted by atomic mass is 9.52. The number of nitrogens with zero attached hydrogens (tertiary/aromatic N) is 1. The van der Waals surface area contributed by atoms with Gasteiger partial charge in [-0.25, -0.2) is 0 Å². The van der Waals surface area contributed by atoms with Crippen molar-refractivity contribution < 1.29 is 9.53 Å². The number of nitrogens with two attached hydrogens (primary N) is 1. The van der Waals surface area contributed by atoms with Crippen LogP contribution < -0.4 is 10.5 Å². The Morgan fingerprint density at radius 1 is 1.18 bits per heavy atom. The van der Waals surface area contributed by atoms with E-state index in [0.717, 1.165) is 11.8 Å². The summed E-state index contributed by atoms with van der Waals surface area (Å²) in [6, 6.07) is 7.17. The van der Waals surface area contributed by atoms with E-state index in [4.69, 9.17) is 10.5 Å². The van der Waals surface area contributed by atoms with Crippen molar-refractivity contribution in [3.8, 4) is 5.75 Å². The van der Waals surface area contributed by atoms with Crippen molar-refractivity contribution in [2.75, 3.05) is 19.6 Å². The summed E-state index contributed by atoms with van der Waals surface area (Å²) < 4.78 is 5.60. The third kappa shape index (κ3) is 3.09. The number of piperidine rings is 1. The minimum Gasteiger partial charge on any atom is -0.426 e. The number of hydrogen-bond acceptors (Lipinski definition) is 4. The molecule has 5 rings (SSSR count). The molecule has 1 aromatic carbocycles. The lowest BCUT2D eigenvalue weighted by Crippen LogP contribution is -2.61. The number of rotatable bonds is 5. The number of fused-ring (bicyclic) bond motifs is 1. The Morgan fingerprint density at radius 3 is 2.86 bits per heavy atom. The van der Waals surface area contributed by atoms with Crippen molar-refractivity contribution in [1.82, 2.24) is 4.90 Å². The second kappa shape index (κ2) is 7.46. The van der Waals surface area contributed by atoms with E-state index < -0.39 is 0 Å². The van der Waals surface area contributed by atoms with Crippen molar-refractivity contribution >= 4 is 5.97 Å². The van der Waals surface area contributed by atoms with E-state index in [2.05, 4.69) is 17.0 Å². The summed E-state index contributed by atoms with van der Waals surface area (Å²) in [4.78, 5) is 14.8. The SMILES string of the molecule is NCCC(=O)Oc1ccc2c(c1)[C@]13CCCC[C@H]1[C@H](C2)N(CC1CCC1)CC3. The van der Waals surface area contributed by atoms with Gasteiger partial charge in [0.05, 0.1) is 6.42 Å². The van der Waals surface area contributed by atoms with Gasteiger partial charge < -0.3 is 10.5 Å². The first-order valence-electron chi connectivity index (χ1n) is 11.5. The van der Waals surface area contributed by atoms with Crippen molar-refractivity contribution in [3.05, 3.63) is 29.3 Å². The van der Waals surface area contributed by atoms with Gasteiger partial charge in [-0.05, 0) is 80.2 Å². The summed E-state index contributed by atoms with van der Waals surface area (Å²) in [5.74, 6) is 2.22. The molecule has 3 aliphatic carbocycles. The molecule has 4 aliphatic rings. The highest BCUT2D eigenvalue weighted by Gasteiger charge is 2.54. The third-order valence-electron chi connectivity index (χ3n) is 8.22. The van der Waals surface area contributed by atoms with Gasteiger partial charge in [0.25, 0.3) is 0 Å². The number of likely N-dealkylation sites (tertiary alicyclic amines) is 1. The molecule has 152 valence electrons. The van der Waals surface area contributed by atoms with Crippen molar-refractivity contribution in [3.63, 3.8) is 0 Å². The lowest BCUT2D eigenvalue weighted by molar-refractivity contribution is -0.134. The van der Waals surface area contributed by atoms with Gasteiger partial charge in [0.15, 0.2) is 0 Å². The van der Waals surface area contributed by atoms with Gasteiger partial charge in [0.1, 0.15) is 5.75 Å². The maximum atomic E-state index is 11.9. The van der Waals surface area contributed by atoms with E-state index in [-0.39, 0.29) is 12.4 Å². The zero-order chi connectivity index (χ0) is 19.1. The van der Waals surface area contributed by atoms with Gasteiger partial charge in [-0.3, -0.25) is 9.69 Å². The van der Waals surface area contributed by atoms with E-state index in [9.17, 15) is 4.79 Å². The Morgan fingerprint density at radius 2 is 2.07 bits per heavy atom. The van der Waals surface area contributed by atoms with Gasteiger partial charge in [-0.1, -0.05) is 25.3 Å². The number of ether oxygens (including phenoxy) is 1. The Hall–Kier alpha value is -1.39. The molecule has 2 bridgehead atoms. The molecule has 0 amide bonds. The molecule has 0 aromatic heterocycles. The van der Waals surface area contributed by atoms with Gasteiger partial charge in [-0.15, -0.1) is 0 Å². The maximum Gasteiger partial charge on any atom is 0.312 e. The molecule has 28 heavy (non-hydrogen) atoms. The fourth-order valence-corrected chi connectivity index (χ4v) is 6.66. The minimum absolute atomic E-state index is 0.218. The van der Waals surface area contributed by atoms with Crippen LogP contribution in [0, 0.1) is 11.8 Å². The van der Waals surface area contributed by atoms with Crippen molar-refractivity contribution in [1.29, 1.82) is 0 Å². The zero-order valence-electron chi connectivity index (χ0n) is 17.0. The maximum absolute atomic E-state index is 11.9. The van der Waals surface area contributed by atoms with Gasteiger partial charge in [-0.2, -0.15) is 0 Å². The largest absolute Gasteiger partial charge is 0.426 e. The van der Waals surface area contributed by atoms with Gasteiger partial charge in [0.2, 0.25) is 0 Å². The van der Waals surface area contributed by atoms with Crippen LogP contribution in [0.5, 0.6) is 5.75 Å². The third-order valence-corrected chi connectivity index (χ3v) is 8.22. The van der Waals surface area contributed by atoms with Crippen LogP contribution in [0.3, 0.4) is 0 Å². The fraction of sp³-hybridized carbons (Fsp3) is 0.708. The molecule has 4 nitrogen and oxygen atoms in total. The summed E-state index contributed by atoms with van der Waals surface area (Å²) in [6.45, 7) is 2.91. The first-order valence-corrected chi connectivity index (χ1v) is 11.5. The average Bonchev–Trinajstić information content (AvgIpc) is 2.66. The van der Waals surface area contributed by atoms with Crippen LogP contribution in [-0.2, 0) is 16.6 Å². The normalized spacial score (nSPS) is 32.2. The van der Waals surface area contributed by atoms with Crippen LogP contribution in [-0.4, -0.2) is 36.5 Å². The molecule has 2 N–H and O–H groups in total. The molecule has 1 saturated heterocycles. The predicted octanol–water partition coefficient (Wildman–Crippen LogP) is 3.80. The second-order valence-electron chi connectivity index (χ2n) is 9.65. The first kappa shape index (κ1) is 18.6. The molecular weight excluding hydrogens is 348 g/mol. The zero-order valence-corrected chi connectivity index (χ0v) is 17.0. The van der Waals surface area contributed by atoms with Crippen LogP contribution in [0.1, 0.15) is 68.9 Å². The van der Waals surface area contributed by atoms with Crippen LogP contribution >= 0.6 is 0 Å². The Bertz CT molecular complexity index is 744. The minimum atomic E-state index is -0.218. The predicted molar refractivity (Wildman–Crippen MR) is 110 cm³/mol. The van der Waals surface area contributed by atoms with Gasteiger partial charge >= 0.3 is 5.97 Å².